The van der Waals surface area contributed by atoms with E-state index in [1.165, 1.54) is 0 Å². The third kappa shape index (κ3) is 2.89. The highest BCUT2D eigenvalue weighted by Crippen LogP contribution is 2.14. The molecule has 0 N–H and O–H groups in total. The van der Waals surface area contributed by atoms with E-state index in [9.17, 15) is 4.79 Å². The van der Waals surface area contributed by atoms with Crippen LogP contribution in [0.1, 0.15) is 32.6 Å². The molecule has 0 radical (unpaired) electrons. The van der Waals surface area contributed by atoms with Gasteiger partial charge in [-0.3, -0.25) is 4.79 Å². The van der Waals surface area contributed by atoms with E-state index in [1.54, 1.807) is 0 Å². The summed E-state index contributed by atoms with van der Waals surface area (Å²) in [5, 5.41) is 0. The first kappa shape index (κ1) is 8.53. The van der Waals surface area contributed by atoms with E-state index in [-0.39, 0.29) is 12.3 Å². The summed E-state index contributed by atoms with van der Waals surface area (Å²) in [6.07, 6.45) is 3.07. The fourth-order valence-electron chi connectivity index (χ4n) is 1.15. The first-order valence-electron chi connectivity index (χ1n) is 4.14. The highest BCUT2D eigenvalue weighted by Gasteiger charge is 2.17. The third-order valence-electron chi connectivity index (χ3n) is 1.69. The van der Waals surface area contributed by atoms with Crippen LogP contribution in [-0.4, -0.2) is 18.9 Å². The normalized spacial score (nSPS) is 25.9. The Morgan fingerprint density at radius 2 is 2.45 bits per heavy atom. The van der Waals surface area contributed by atoms with Crippen molar-refractivity contribution in [3.63, 3.8) is 0 Å². The maximum atomic E-state index is 10.9. The van der Waals surface area contributed by atoms with Crippen LogP contribution in [0, 0.1) is 0 Å². The van der Waals surface area contributed by atoms with Crippen LogP contribution in [0.25, 0.3) is 0 Å². The molecule has 3 nitrogen and oxygen atoms in total. The predicted octanol–water partition coefficient (Wildman–Crippen LogP) is 1.47. The second-order valence-electron chi connectivity index (χ2n) is 2.62. The first-order valence-corrected chi connectivity index (χ1v) is 4.14. The molecule has 1 aliphatic rings. The molecule has 0 saturated carbocycles. The molecular formula is C8H14O3. The number of rotatable bonds is 2. The minimum absolute atomic E-state index is 0.124. The van der Waals surface area contributed by atoms with Gasteiger partial charge in [0.25, 0.3) is 0 Å². The van der Waals surface area contributed by atoms with Crippen LogP contribution in [0.2, 0.25) is 0 Å². The Labute approximate surface area is 66.7 Å². The molecule has 1 saturated heterocycles. The van der Waals surface area contributed by atoms with E-state index < -0.39 is 0 Å². The minimum Gasteiger partial charge on any atom is -0.436 e. The van der Waals surface area contributed by atoms with Crippen molar-refractivity contribution in [1.29, 1.82) is 0 Å². The van der Waals surface area contributed by atoms with Gasteiger partial charge in [0.05, 0.1) is 0 Å². The number of esters is 1. The predicted molar refractivity (Wildman–Crippen MR) is 40.0 cm³/mol. The molecule has 0 bridgehead atoms. The molecule has 0 aromatic heterocycles. The average molecular weight is 158 g/mol. The standard InChI is InChI=1S/C8H14O3/c1-2-10-8-6-4-3-5-7(9)11-8/h8H,2-6H2,1H3. The fourth-order valence-corrected chi connectivity index (χ4v) is 1.15. The number of hydrogen-bond donors (Lipinski definition) is 0. The van der Waals surface area contributed by atoms with E-state index in [4.69, 9.17) is 9.47 Å². The molecule has 1 aliphatic heterocycles. The molecule has 3 heteroatoms. The lowest BCUT2D eigenvalue weighted by Crippen LogP contribution is -2.18. The van der Waals surface area contributed by atoms with Gasteiger partial charge in [-0.05, 0) is 19.8 Å². The van der Waals surface area contributed by atoms with Gasteiger partial charge in [-0.2, -0.15) is 0 Å². The number of ether oxygens (including phenoxy) is 2. The summed E-state index contributed by atoms with van der Waals surface area (Å²) < 4.78 is 10.2. The van der Waals surface area contributed by atoms with Crippen molar-refractivity contribution in [2.75, 3.05) is 6.61 Å². The Balaban J connectivity index is 2.33. The third-order valence-corrected chi connectivity index (χ3v) is 1.69. The molecular weight excluding hydrogens is 144 g/mol. The maximum absolute atomic E-state index is 10.9. The maximum Gasteiger partial charge on any atom is 0.308 e. The van der Waals surface area contributed by atoms with Crippen LogP contribution >= 0.6 is 0 Å². The van der Waals surface area contributed by atoms with Crippen molar-refractivity contribution in [3.05, 3.63) is 0 Å². The smallest absolute Gasteiger partial charge is 0.308 e. The van der Waals surface area contributed by atoms with Crippen molar-refractivity contribution in [2.45, 2.75) is 38.9 Å². The highest BCUT2D eigenvalue weighted by atomic mass is 16.7. The molecule has 0 spiro atoms. The molecule has 0 aliphatic carbocycles. The number of carbonyl (C=O) groups excluding carboxylic acids is 1. The summed E-state index contributed by atoms with van der Waals surface area (Å²) in [6, 6.07) is 0. The molecule has 1 fully saturated rings. The van der Waals surface area contributed by atoms with Crippen molar-refractivity contribution in [3.8, 4) is 0 Å². The molecule has 0 amide bonds. The van der Waals surface area contributed by atoms with Crippen LogP contribution in [0.4, 0.5) is 0 Å². The Bertz CT molecular complexity index is 133. The van der Waals surface area contributed by atoms with Gasteiger partial charge in [0.1, 0.15) is 0 Å². The Hall–Kier alpha value is -0.570. The molecule has 1 rings (SSSR count). The van der Waals surface area contributed by atoms with E-state index >= 15 is 0 Å². The van der Waals surface area contributed by atoms with E-state index in [0.717, 1.165) is 19.3 Å². The lowest BCUT2D eigenvalue weighted by atomic mass is 10.2. The number of hydrogen-bond acceptors (Lipinski definition) is 3. The van der Waals surface area contributed by atoms with E-state index in [2.05, 4.69) is 0 Å². The molecule has 64 valence electrons. The van der Waals surface area contributed by atoms with Crippen LogP contribution < -0.4 is 0 Å². The fraction of sp³-hybridized carbons (Fsp3) is 0.875. The summed E-state index contributed by atoms with van der Waals surface area (Å²) in [5.74, 6) is -0.124. The van der Waals surface area contributed by atoms with E-state index in [1.807, 2.05) is 6.92 Å². The summed E-state index contributed by atoms with van der Waals surface area (Å²) in [4.78, 5) is 10.9. The van der Waals surface area contributed by atoms with Crippen LogP contribution in [0.3, 0.4) is 0 Å². The van der Waals surface area contributed by atoms with E-state index in [0.29, 0.717) is 13.0 Å². The van der Waals surface area contributed by atoms with Gasteiger partial charge < -0.3 is 9.47 Å². The summed E-state index contributed by atoms with van der Waals surface area (Å²) in [6.45, 7) is 2.51. The van der Waals surface area contributed by atoms with Crippen molar-refractivity contribution < 1.29 is 14.3 Å². The number of carbonyl (C=O) groups is 1. The monoisotopic (exact) mass is 158 g/mol. The zero-order chi connectivity index (χ0) is 8.10. The van der Waals surface area contributed by atoms with Crippen molar-refractivity contribution >= 4 is 5.97 Å². The zero-order valence-corrected chi connectivity index (χ0v) is 6.84. The van der Waals surface area contributed by atoms with Crippen molar-refractivity contribution in [1.82, 2.24) is 0 Å². The minimum atomic E-state index is -0.282. The molecule has 11 heavy (non-hydrogen) atoms. The summed E-state index contributed by atoms with van der Waals surface area (Å²) >= 11 is 0. The molecule has 0 aromatic rings. The quantitative estimate of drug-likeness (QED) is 0.571. The van der Waals surface area contributed by atoms with Crippen LogP contribution in [-0.2, 0) is 14.3 Å². The Morgan fingerprint density at radius 3 is 3.18 bits per heavy atom. The van der Waals surface area contributed by atoms with Crippen LogP contribution in [0.15, 0.2) is 0 Å². The molecule has 0 aromatic carbocycles. The van der Waals surface area contributed by atoms with Gasteiger partial charge in [-0.15, -0.1) is 0 Å². The van der Waals surface area contributed by atoms with Gasteiger partial charge in [-0.25, -0.2) is 0 Å². The zero-order valence-electron chi connectivity index (χ0n) is 6.84. The highest BCUT2D eigenvalue weighted by molar-refractivity contribution is 5.69. The molecule has 1 unspecified atom stereocenters. The topological polar surface area (TPSA) is 35.5 Å². The lowest BCUT2D eigenvalue weighted by molar-refractivity contribution is -0.176. The first-order chi connectivity index (χ1) is 5.33. The SMILES string of the molecule is CCOC1CCCCC(=O)O1. The lowest BCUT2D eigenvalue weighted by Gasteiger charge is -2.13. The molecule has 1 atom stereocenters. The summed E-state index contributed by atoms with van der Waals surface area (Å²) in [5.41, 5.74) is 0. The largest absolute Gasteiger partial charge is 0.436 e. The van der Waals surface area contributed by atoms with Gasteiger partial charge in [0.2, 0.25) is 6.29 Å². The second kappa shape index (κ2) is 4.34. The Kier molecular flexibility index (Phi) is 3.36. The second-order valence-corrected chi connectivity index (χ2v) is 2.62. The van der Waals surface area contributed by atoms with Gasteiger partial charge in [-0.1, -0.05) is 0 Å². The summed E-state index contributed by atoms with van der Waals surface area (Å²) in [7, 11) is 0. The van der Waals surface area contributed by atoms with Gasteiger partial charge in [0, 0.05) is 19.4 Å². The van der Waals surface area contributed by atoms with Gasteiger partial charge in [0.15, 0.2) is 0 Å². The van der Waals surface area contributed by atoms with Crippen molar-refractivity contribution in [2.24, 2.45) is 0 Å². The average Bonchev–Trinajstić information content (AvgIpc) is 2.15. The number of cyclic esters (lactones) is 1. The molecule has 1 heterocycles. The Morgan fingerprint density at radius 1 is 1.64 bits per heavy atom. The van der Waals surface area contributed by atoms with Gasteiger partial charge >= 0.3 is 5.97 Å². The van der Waals surface area contributed by atoms with Crippen LogP contribution in [0.5, 0.6) is 0 Å².